The maximum absolute atomic E-state index is 5.88. The maximum atomic E-state index is 5.88. The van der Waals surface area contributed by atoms with Gasteiger partial charge >= 0.3 is 0 Å². The van der Waals surface area contributed by atoms with Gasteiger partial charge in [0, 0.05) is 35.0 Å². The van der Waals surface area contributed by atoms with Crippen LogP contribution in [0.25, 0.3) is 0 Å². The fourth-order valence-corrected chi connectivity index (χ4v) is 2.97. The van der Waals surface area contributed by atoms with Gasteiger partial charge in [-0.2, -0.15) is 5.10 Å². The second kappa shape index (κ2) is 6.98. The quantitative estimate of drug-likeness (QED) is 0.831. The summed E-state index contributed by atoms with van der Waals surface area (Å²) in [5.74, 6) is 1.02. The fourth-order valence-electron chi connectivity index (χ4n) is 1.83. The summed E-state index contributed by atoms with van der Waals surface area (Å²) in [7, 11) is 3.95. The first kappa shape index (κ1) is 14.4. The van der Waals surface area contributed by atoms with Gasteiger partial charge in [0.25, 0.3) is 0 Å². The number of likely N-dealkylation sites (N-methyl/N-ethyl adjacent to an activating group) is 1. The fraction of sp³-hybridized carbons (Fsp3) is 0.357. The second-order valence-electron chi connectivity index (χ2n) is 4.48. The Bertz CT molecular complexity index is 510. The smallest absolute Gasteiger partial charge is 0.0522 e. The highest BCUT2D eigenvalue weighted by molar-refractivity contribution is 7.99. The Morgan fingerprint density at radius 2 is 2.11 bits per heavy atom. The van der Waals surface area contributed by atoms with E-state index in [2.05, 4.69) is 28.7 Å². The lowest BCUT2D eigenvalue weighted by molar-refractivity contribution is 0.616. The van der Waals surface area contributed by atoms with Crippen LogP contribution in [0.2, 0.25) is 5.02 Å². The molecule has 0 aliphatic carbocycles. The maximum Gasteiger partial charge on any atom is 0.0522 e. The van der Waals surface area contributed by atoms with Gasteiger partial charge in [0.15, 0.2) is 0 Å². The Hall–Kier alpha value is -0.970. The zero-order chi connectivity index (χ0) is 13.7. The second-order valence-corrected chi connectivity index (χ2v) is 6.01. The van der Waals surface area contributed by atoms with Gasteiger partial charge < -0.3 is 5.32 Å². The van der Waals surface area contributed by atoms with Gasteiger partial charge in [-0.1, -0.05) is 11.6 Å². The average molecular weight is 296 g/mol. The molecule has 1 aromatic heterocycles. The molecule has 1 N–H and O–H groups in total. The monoisotopic (exact) mass is 295 g/mol. The molecule has 102 valence electrons. The number of benzene rings is 1. The molecule has 3 nitrogen and oxygen atoms in total. The number of thioether (sulfide) groups is 1. The van der Waals surface area contributed by atoms with Crippen molar-refractivity contribution >= 4 is 23.4 Å². The van der Waals surface area contributed by atoms with Crippen LogP contribution < -0.4 is 5.32 Å². The zero-order valence-corrected chi connectivity index (χ0v) is 12.7. The zero-order valence-electron chi connectivity index (χ0n) is 11.1. The molecule has 1 unspecified atom stereocenters. The van der Waals surface area contributed by atoms with Crippen LogP contribution in [-0.2, 0) is 13.5 Å². The molecule has 1 aromatic carbocycles. The summed E-state index contributed by atoms with van der Waals surface area (Å²) in [4.78, 5) is 1.25. The number of hydrogen-bond acceptors (Lipinski definition) is 3. The van der Waals surface area contributed by atoms with Crippen LogP contribution >= 0.6 is 23.4 Å². The highest BCUT2D eigenvalue weighted by Gasteiger charge is 2.09. The lowest BCUT2D eigenvalue weighted by Gasteiger charge is -2.14. The molecule has 2 rings (SSSR count). The highest BCUT2D eigenvalue weighted by atomic mass is 35.5. The molecule has 0 spiro atoms. The number of halogens is 1. The first-order valence-electron chi connectivity index (χ1n) is 6.20. The normalized spacial score (nSPS) is 12.6. The molecule has 5 heteroatoms. The van der Waals surface area contributed by atoms with Crippen LogP contribution in [0.15, 0.2) is 41.6 Å². The van der Waals surface area contributed by atoms with Crippen molar-refractivity contribution in [2.45, 2.75) is 17.4 Å². The summed E-state index contributed by atoms with van der Waals surface area (Å²) in [5.41, 5.74) is 1.26. The van der Waals surface area contributed by atoms with Crippen molar-refractivity contribution in [2.75, 3.05) is 12.8 Å². The lowest BCUT2D eigenvalue weighted by atomic mass is 10.1. The topological polar surface area (TPSA) is 29.9 Å². The van der Waals surface area contributed by atoms with Crippen molar-refractivity contribution in [2.24, 2.45) is 7.05 Å². The molecule has 19 heavy (non-hydrogen) atoms. The Morgan fingerprint density at radius 3 is 2.68 bits per heavy atom. The predicted octanol–water partition coefficient (Wildman–Crippen LogP) is 3.00. The molecule has 0 saturated carbocycles. The molecule has 0 bridgehead atoms. The molecule has 0 fully saturated rings. The third-order valence-corrected chi connectivity index (χ3v) is 4.34. The summed E-state index contributed by atoms with van der Waals surface area (Å²) in [6.07, 6.45) is 4.99. The minimum absolute atomic E-state index is 0.435. The van der Waals surface area contributed by atoms with Gasteiger partial charge in [0.2, 0.25) is 0 Å². The van der Waals surface area contributed by atoms with Crippen molar-refractivity contribution in [3.8, 4) is 0 Å². The number of aryl methyl sites for hydroxylation is 1. The van der Waals surface area contributed by atoms with Crippen molar-refractivity contribution < 1.29 is 0 Å². The van der Waals surface area contributed by atoms with E-state index >= 15 is 0 Å². The Labute approximate surface area is 123 Å². The molecule has 1 heterocycles. The Kier molecular flexibility index (Phi) is 5.31. The van der Waals surface area contributed by atoms with Crippen molar-refractivity contribution in [1.29, 1.82) is 0 Å². The molecule has 0 aliphatic rings. The largest absolute Gasteiger partial charge is 0.316 e. The first-order chi connectivity index (χ1) is 9.17. The van der Waals surface area contributed by atoms with Gasteiger partial charge in [-0.25, -0.2) is 0 Å². The van der Waals surface area contributed by atoms with Crippen LogP contribution in [0.4, 0.5) is 0 Å². The molecule has 0 aliphatic heterocycles. The predicted molar refractivity (Wildman–Crippen MR) is 81.9 cm³/mol. The standard InChI is InChI=1S/C14H18ClN3S/c1-16-13(7-11-8-17-18(2)9-11)10-19-14-5-3-12(15)4-6-14/h3-6,8-9,13,16H,7,10H2,1-2H3. The van der Waals surface area contributed by atoms with E-state index in [1.54, 1.807) is 0 Å². The first-order valence-corrected chi connectivity index (χ1v) is 7.57. The van der Waals surface area contributed by atoms with Crippen LogP contribution in [-0.4, -0.2) is 28.6 Å². The SMILES string of the molecule is CNC(CSc1ccc(Cl)cc1)Cc1cnn(C)c1. The highest BCUT2D eigenvalue weighted by Crippen LogP contribution is 2.21. The van der Waals surface area contributed by atoms with Gasteiger partial charge in [-0.05, 0) is 43.3 Å². The summed E-state index contributed by atoms with van der Waals surface area (Å²) in [5, 5.41) is 8.34. The summed E-state index contributed by atoms with van der Waals surface area (Å²) < 4.78 is 1.84. The third kappa shape index (κ3) is 4.56. The third-order valence-electron chi connectivity index (χ3n) is 2.91. The molecule has 1 atom stereocenters. The summed E-state index contributed by atoms with van der Waals surface area (Å²) in [6, 6.07) is 8.41. The molecular weight excluding hydrogens is 278 g/mol. The van der Waals surface area contributed by atoms with Gasteiger partial charge in [0.1, 0.15) is 0 Å². The minimum Gasteiger partial charge on any atom is -0.316 e. The molecule has 0 amide bonds. The number of rotatable bonds is 6. The van der Waals surface area contributed by atoms with Crippen LogP contribution in [0.5, 0.6) is 0 Å². The Balaban J connectivity index is 1.87. The molecule has 0 saturated heterocycles. The number of aromatic nitrogens is 2. The van der Waals surface area contributed by atoms with E-state index in [1.807, 2.05) is 48.9 Å². The van der Waals surface area contributed by atoms with Crippen LogP contribution in [0.3, 0.4) is 0 Å². The van der Waals surface area contributed by atoms with Gasteiger partial charge in [0.05, 0.1) is 6.20 Å². The lowest BCUT2D eigenvalue weighted by Crippen LogP contribution is -2.29. The van der Waals surface area contributed by atoms with E-state index in [0.717, 1.165) is 17.2 Å². The van der Waals surface area contributed by atoms with E-state index < -0.39 is 0 Å². The van der Waals surface area contributed by atoms with E-state index in [-0.39, 0.29) is 0 Å². The Morgan fingerprint density at radius 1 is 1.37 bits per heavy atom. The van der Waals surface area contributed by atoms with E-state index in [0.29, 0.717) is 6.04 Å². The summed E-state index contributed by atoms with van der Waals surface area (Å²) >= 11 is 7.72. The van der Waals surface area contributed by atoms with Crippen molar-refractivity contribution in [1.82, 2.24) is 15.1 Å². The summed E-state index contributed by atoms with van der Waals surface area (Å²) in [6.45, 7) is 0. The minimum atomic E-state index is 0.435. The van der Waals surface area contributed by atoms with Crippen molar-refractivity contribution in [3.05, 3.63) is 47.2 Å². The van der Waals surface area contributed by atoms with E-state index in [9.17, 15) is 0 Å². The van der Waals surface area contributed by atoms with E-state index in [4.69, 9.17) is 11.6 Å². The number of nitrogens with zero attached hydrogens (tertiary/aromatic N) is 2. The average Bonchev–Trinajstić information content (AvgIpc) is 2.82. The number of hydrogen-bond donors (Lipinski definition) is 1. The molecule has 0 radical (unpaired) electrons. The number of nitrogens with one attached hydrogen (secondary N) is 1. The van der Waals surface area contributed by atoms with E-state index in [1.165, 1.54) is 10.5 Å². The van der Waals surface area contributed by atoms with Crippen LogP contribution in [0, 0.1) is 0 Å². The molecule has 2 aromatic rings. The van der Waals surface area contributed by atoms with Crippen molar-refractivity contribution in [3.63, 3.8) is 0 Å². The molecular formula is C14H18ClN3S. The van der Waals surface area contributed by atoms with Crippen LogP contribution in [0.1, 0.15) is 5.56 Å². The van der Waals surface area contributed by atoms with Gasteiger partial charge in [-0.15, -0.1) is 11.8 Å². The van der Waals surface area contributed by atoms with Gasteiger partial charge in [-0.3, -0.25) is 4.68 Å².